The molecule has 2 N–H and O–H groups in total. The molecule has 20 heavy (non-hydrogen) atoms. The number of nitrogens with zero attached hydrogens (tertiary/aromatic N) is 2. The van der Waals surface area contributed by atoms with Gasteiger partial charge in [-0.3, -0.25) is 10.1 Å². The summed E-state index contributed by atoms with van der Waals surface area (Å²) in [6.45, 7) is 3.59. The summed E-state index contributed by atoms with van der Waals surface area (Å²) in [5.41, 5.74) is -0.0574. The average molecular weight is 277 g/mol. The molecular weight excluding hydrogens is 262 g/mol. The van der Waals surface area contributed by atoms with E-state index < -0.39 is 16.9 Å². The Morgan fingerprint density at radius 1 is 1.60 bits per heavy atom. The number of hydrogen-bond donors (Lipinski definition) is 2. The summed E-state index contributed by atoms with van der Waals surface area (Å²) < 4.78 is 0. The highest BCUT2D eigenvalue weighted by Crippen LogP contribution is 2.27. The molecule has 0 aliphatic carbocycles. The predicted octanol–water partition coefficient (Wildman–Crippen LogP) is 2.38. The van der Waals surface area contributed by atoms with Gasteiger partial charge in [-0.15, -0.1) is 0 Å². The van der Waals surface area contributed by atoms with Crippen molar-refractivity contribution in [2.75, 3.05) is 5.32 Å². The molecule has 0 radical (unpaired) electrons. The summed E-state index contributed by atoms with van der Waals surface area (Å²) in [7, 11) is 0. The number of nitrogens with one attached hydrogen (secondary N) is 1. The Morgan fingerprint density at radius 3 is 2.70 bits per heavy atom. The lowest BCUT2D eigenvalue weighted by Gasteiger charge is -2.21. The minimum Gasteiger partial charge on any atom is -0.480 e. The highest BCUT2D eigenvalue weighted by molar-refractivity contribution is 5.79. The van der Waals surface area contributed by atoms with Gasteiger partial charge in [0.2, 0.25) is 0 Å². The number of rotatable bonds is 6. The van der Waals surface area contributed by atoms with Crippen molar-refractivity contribution in [3.8, 4) is 6.07 Å². The molecule has 0 saturated carbocycles. The summed E-state index contributed by atoms with van der Waals surface area (Å²) in [5.74, 6) is -1.26. The van der Waals surface area contributed by atoms with Gasteiger partial charge >= 0.3 is 5.97 Å². The third-order valence-electron chi connectivity index (χ3n) is 3.11. The van der Waals surface area contributed by atoms with Crippen LogP contribution in [0.25, 0.3) is 0 Å². The monoisotopic (exact) mass is 277 g/mol. The summed E-state index contributed by atoms with van der Waals surface area (Å²) in [5, 5.41) is 31.6. The Bertz CT molecular complexity index is 565. The predicted molar refractivity (Wildman–Crippen MR) is 72.3 cm³/mol. The SMILES string of the molecule is CCC(C)C(Nc1ccc(C#N)cc1[N+](=O)[O-])C(=O)O. The van der Waals surface area contributed by atoms with Gasteiger partial charge in [0, 0.05) is 6.07 Å². The first-order valence-corrected chi connectivity index (χ1v) is 6.08. The number of carboxylic acid groups (broad SMARTS) is 1. The van der Waals surface area contributed by atoms with Crippen molar-refractivity contribution in [3.63, 3.8) is 0 Å². The van der Waals surface area contributed by atoms with Crippen LogP contribution in [0.3, 0.4) is 0 Å². The second-order valence-electron chi connectivity index (χ2n) is 4.45. The summed E-state index contributed by atoms with van der Waals surface area (Å²) in [6.07, 6.45) is 0.619. The number of anilines is 1. The largest absolute Gasteiger partial charge is 0.480 e. The number of benzene rings is 1. The zero-order valence-corrected chi connectivity index (χ0v) is 11.2. The van der Waals surface area contributed by atoms with Crippen LogP contribution in [0.5, 0.6) is 0 Å². The van der Waals surface area contributed by atoms with E-state index in [1.54, 1.807) is 6.92 Å². The van der Waals surface area contributed by atoms with Gasteiger partial charge in [-0.05, 0) is 18.1 Å². The molecule has 0 amide bonds. The first-order valence-electron chi connectivity index (χ1n) is 6.08. The second-order valence-corrected chi connectivity index (χ2v) is 4.45. The Balaban J connectivity index is 3.16. The van der Waals surface area contributed by atoms with E-state index in [1.807, 2.05) is 13.0 Å². The quantitative estimate of drug-likeness (QED) is 0.609. The molecule has 1 aromatic rings. The van der Waals surface area contributed by atoms with Gasteiger partial charge in [0.05, 0.1) is 16.6 Å². The molecule has 2 atom stereocenters. The number of nitriles is 1. The number of aliphatic carboxylic acids is 1. The molecule has 1 rings (SSSR count). The highest BCUT2D eigenvalue weighted by Gasteiger charge is 2.26. The fourth-order valence-corrected chi connectivity index (χ4v) is 1.72. The minimum atomic E-state index is -1.07. The average Bonchev–Trinajstić information content (AvgIpc) is 2.43. The molecule has 0 bridgehead atoms. The summed E-state index contributed by atoms with van der Waals surface area (Å²) >= 11 is 0. The van der Waals surface area contributed by atoms with Crippen LogP contribution in [-0.4, -0.2) is 22.0 Å². The number of nitro groups is 1. The molecule has 0 heterocycles. The van der Waals surface area contributed by atoms with Crippen LogP contribution in [-0.2, 0) is 4.79 Å². The normalized spacial score (nSPS) is 13.1. The maximum atomic E-state index is 11.2. The number of nitro benzene ring substituents is 1. The Hall–Kier alpha value is -2.62. The van der Waals surface area contributed by atoms with Crippen molar-refractivity contribution >= 4 is 17.3 Å². The van der Waals surface area contributed by atoms with Crippen LogP contribution in [0.1, 0.15) is 25.8 Å². The van der Waals surface area contributed by atoms with E-state index in [-0.39, 0.29) is 22.9 Å². The van der Waals surface area contributed by atoms with Crippen molar-refractivity contribution < 1.29 is 14.8 Å². The summed E-state index contributed by atoms with van der Waals surface area (Å²) in [4.78, 5) is 21.6. The summed E-state index contributed by atoms with van der Waals surface area (Å²) in [6, 6.07) is 4.77. The van der Waals surface area contributed by atoms with E-state index in [2.05, 4.69) is 5.32 Å². The molecule has 7 nitrogen and oxygen atoms in total. The van der Waals surface area contributed by atoms with Gasteiger partial charge < -0.3 is 10.4 Å². The fraction of sp³-hybridized carbons (Fsp3) is 0.385. The van der Waals surface area contributed by atoms with E-state index in [9.17, 15) is 20.0 Å². The van der Waals surface area contributed by atoms with E-state index >= 15 is 0 Å². The number of hydrogen-bond acceptors (Lipinski definition) is 5. The first-order chi connectivity index (χ1) is 9.40. The van der Waals surface area contributed by atoms with Gasteiger partial charge in [0.15, 0.2) is 0 Å². The molecule has 7 heteroatoms. The third-order valence-corrected chi connectivity index (χ3v) is 3.11. The lowest BCUT2D eigenvalue weighted by molar-refractivity contribution is -0.384. The molecule has 0 saturated heterocycles. The van der Waals surface area contributed by atoms with Crippen LogP contribution in [0, 0.1) is 27.4 Å². The van der Waals surface area contributed by atoms with E-state index in [4.69, 9.17) is 5.26 Å². The zero-order chi connectivity index (χ0) is 15.3. The van der Waals surface area contributed by atoms with Crippen LogP contribution in [0.2, 0.25) is 0 Å². The maximum absolute atomic E-state index is 11.2. The smallest absolute Gasteiger partial charge is 0.326 e. The number of carbonyl (C=O) groups is 1. The fourth-order valence-electron chi connectivity index (χ4n) is 1.72. The molecule has 0 fully saturated rings. The lowest BCUT2D eigenvalue weighted by Crippen LogP contribution is -2.35. The zero-order valence-electron chi connectivity index (χ0n) is 11.2. The van der Waals surface area contributed by atoms with Gasteiger partial charge in [0.25, 0.3) is 5.69 Å². The van der Waals surface area contributed by atoms with Crippen LogP contribution >= 0.6 is 0 Å². The minimum absolute atomic E-state index is 0.0988. The molecule has 0 spiro atoms. The molecule has 1 aromatic carbocycles. The Kier molecular flexibility index (Phi) is 5.03. The molecule has 106 valence electrons. The molecule has 0 aliphatic heterocycles. The van der Waals surface area contributed by atoms with E-state index in [0.717, 1.165) is 6.07 Å². The Labute approximate surface area is 116 Å². The molecule has 0 aliphatic rings. The van der Waals surface area contributed by atoms with Crippen molar-refractivity contribution in [1.29, 1.82) is 5.26 Å². The van der Waals surface area contributed by atoms with Gasteiger partial charge in [-0.2, -0.15) is 5.26 Å². The van der Waals surface area contributed by atoms with Gasteiger partial charge in [-0.25, -0.2) is 4.79 Å². The topological polar surface area (TPSA) is 116 Å². The van der Waals surface area contributed by atoms with Crippen LogP contribution in [0.4, 0.5) is 11.4 Å². The molecular formula is C13H15N3O4. The standard InChI is InChI=1S/C13H15N3O4/c1-3-8(2)12(13(17)18)15-10-5-4-9(7-14)6-11(10)16(19)20/h4-6,8,12,15H,3H2,1-2H3,(H,17,18). The third kappa shape index (κ3) is 3.45. The van der Waals surface area contributed by atoms with Gasteiger partial charge in [-0.1, -0.05) is 20.3 Å². The maximum Gasteiger partial charge on any atom is 0.326 e. The van der Waals surface area contributed by atoms with E-state index in [1.165, 1.54) is 12.1 Å². The van der Waals surface area contributed by atoms with Crippen LogP contribution in [0.15, 0.2) is 18.2 Å². The van der Waals surface area contributed by atoms with Gasteiger partial charge in [0.1, 0.15) is 11.7 Å². The molecule has 2 unspecified atom stereocenters. The van der Waals surface area contributed by atoms with Crippen molar-refractivity contribution in [2.24, 2.45) is 5.92 Å². The second kappa shape index (κ2) is 6.52. The van der Waals surface area contributed by atoms with Crippen LogP contribution < -0.4 is 5.32 Å². The first kappa shape index (κ1) is 15.4. The highest BCUT2D eigenvalue weighted by atomic mass is 16.6. The lowest BCUT2D eigenvalue weighted by atomic mass is 9.99. The van der Waals surface area contributed by atoms with Crippen molar-refractivity contribution in [1.82, 2.24) is 0 Å². The van der Waals surface area contributed by atoms with Crippen molar-refractivity contribution in [3.05, 3.63) is 33.9 Å². The van der Waals surface area contributed by atoms with Crippen molar-refractivity contribution in [2.45, 2.75) is 26.3 Å². The number of carboxylic acids is 1. The van der Waals surface area contributed by atoms with E-state index in [0.29, 0.717) is 6.42 Å². The Morgan fingerprint density at radius 2 is 2.25 bits per heavy atom. The molecule has 0 aromatic heterocycles.